The number of hydrogen-bond acceptors (Lipinski definition) is 1. The normalized spacial score (nSPS) is 49.5. The molecule has 0 spiro atoms. The van der Waals surface area contributed by atoms with Gasteiger partial charge in [0.2, 0.25) is 0 Å². The molecule has 2 N–H and O–H groups in total. The average molecular weight is 277 g/mol. The Bertz CT molecular complexity index is 350. The van der Waals surface area contributed by atoms with Crippen LogP contribution in [0.15, 0.2) is 0 Å². The zero-order valence-electron chi connectivity index (χ0n) is 14.0. The van der Waals surface area contributed by atoms with Gasteiger partial charge in [-0.1, -0.05) is 26.7 Å². The van der Waals surface area contributed by atoms with Gasteiger partial charge in [-0.25, -0.2) is 0 Å². The highest BCUT2D eigenvalue weighted by Gasteiger charge is 2.53. The minimum atomic E-state index is 0.382. The van der Waals surface area contributed by atoms with Crippen LogP contribution in [0.2, 0.25) is 0 Å². The molecular formula is C19H35N. The molecule has 3 aliphatic carbocycles. The van der Waals surface area contributed by atoms with Crippen molar-refractivity contribution in [3.05, 3.63) is 0 Å². The summed E-state index contributed by atoms with van der Waals surface area (Å²) in [5, 5.41) is 0. The lowest BCUT2D eigenvalue weighted by molar-refractivity contribution is -0.0598. The maximum atomic E-state index is 6.04. The van der Waals surface area contributed by atoms with Crippen LogP contribution in [-0.4, -0.2) is 6.04 Å². The van der Waals surface area contributed by atoms with Crippen LogP contribution in [0.4, 0.5) is 0 Å². The number of fused-ring (bicyclic) bond motifs is 3. The molecule has 0 saturated heterocycles. The van der Waals surface area contributed by atoms with Crippen LogP contribution in [-0.2, 0) is 0 Å². The van der Waals surface area contributed by atoms with Crippen LogP contribution in [0.25, 0.3) is 0 Å². The Morgan fingerprint density at radius 2 is 1.75 bits per heavy atom. The van der Waals surface area contributed by atoms with Gasteiger partial charge in [-0.05, 0) is 86.9 Å². The van der Waals surface area contributed by atoms with Gasteiger partial charge in [-0.3, -0.25) is 0 Å². The van der Waals surface area contributed by atoms with Crippen LogP contribution >= 0.6 is 0 Å². The Labute approximate surface area is 126 Å². The molecule has 0 heterocycles. The van der Waals surface area contributed by atoms with E-state index in [2.05, 4.69) is 20.8 Å². The molecule has 1 heteroatoms. The predicted octanol–water partition coefficient (Wildman–Crippen LogP) is 5.14. The standard InChI is InChI=1S/C19H35N/c1-14(20)8-12-18(2)10-4-6-15-16-7-5-11-19(16,3)13-9-17(15)18/h14-17H,4-13,20H2,1-3H3. The molecule has 0 amide bonds. The van der Waals surface area contributed by atoms with E-state index in [0.29, 0.717) is 16.9 Å². The molecule has 0 aromatic rings. The van der Waals surface area contributed by atoms with Gasteiger partial charge in [0.25, 0.3) is 0 Å². The molecule has 0 aliphatic heterocycles. The fourth-order valence-electron chi connectivity index (χ4n) is 6.34. The first kappa shape index (κ1) is 14.9. The van der Waals surface area contributed by atoms with Crippen LogP contribution < -0.4 is 5.73 Å². The van der Waals surface area contributed by atoms with Gasteiger partial charge in [-0.2, -0.15) is 0 Å². The zero-order valence-corrected chi connectivity index (χ0v) is 14.0. The maximum absolute atomic E-state index is 6.04. The van der Waals surface area contributed by atoms with Crippen molar-refractivity contribution >= 4 is 0 Å². The fourth-order valence-corrected chi connectivity index (χ4v) is 6.34. The Kier molecular flexibility index (Phi) is 3.95. The lowest BCUT2D eigenvalue weighted by Gasteiger charge is -2.56. The summed E-state index contributed by atoms with van der Waals surface area (Å²) < 4.78 is 0. The summed E-state index contributed by atoms with van der Waals surface area (Å²) in [6, 6.07) is 0.382. The third-order valence-electron chi connectivity index (χ3n) is 7.57. The average Bonchev–Trinajstić information content (AvgIpc) is 2.79. The van der Waals surface area contributed by atoms with Crippen LogP contribution in [0.5, 0.6) is 0 Å². The summed E-state index contributed by atoms with van der Waals surface area (Å²) in [4.78, 5) is 0. The Morgan fingerprint density at radius 3 is 2.50 bits per heavy atom. The molecule has 0 radical (unpaired) electrons. The molecule has 1 nitrogen and oxygen atoms in total. The van der Waals surface area contributed by atoms with E-state index >= 15 is 0 Å². The highest BCUT2D eigenvalue weighted by molar-refractivity contribution is 5.03. The Balaban J connectivity index is 1.76. The quantitative estimate of drug-likeness (QED) is 0.759. The summed E-state index contributed by atoms with van der Waals surface area (Å²) in [7, 11) is 0. The van der Waals surface area contributed by atoms with Crippen molar-refractivity contribution in [2.75, 3.05) is 0 Å². The van der Waals surface area contributed by atoms with Crippen molar-refractivity contribution < 1.29 is 0 Å². The van der Waals surface area contributed by atoms with Crippen molar-refractivity contribution in [2.24, 2.45) is 34.3 Å². The number of rotatable bonds is 3. The van der Waals surface area contributed by atoms with Crippen LogP contribution in [0, 0.1) is 28.6 Å². The molecule has 0 aromatic heterocycles. The smallest absolute Gasteiger partial charge is 0.00106 e. The van der Waals surface area contributed by atoms with Crippen LogP contribution in [0.3, 0.4) is 0 Å². The van der Waals surface area contributed by atoms with Crippen molar-refractivity contribution in [2.45, 2.75) is 91.0 Å². The Hall–Kier alpha value is -0.0400. The maximum Gasteiger partial charge on any atom is 0.00106 e. The third-order valence-corrected chi connectivity index (χ3v) is 7.57. The highest BCUT2D eigenvalue weighted by Crippen LogP contribution is 2.63. The van der Waals surface area contributed by atoms with E-state index in [9.17, 15) is 0 Å². The monoisotopic (exact) mass is 277 g/mol. The van der Waals surface area contributed by atoms with Gasteiger partial charge in [0.05, 0.1) is 0 Å². The zero-order chi connectivity index (χ0) is 14.4. The summed E-state index contributed by atoms with van der Waals surface area (Å²) in [5.74, 6) is 3.10. The molecule has 6 atom stereocenters. The van der Waals surface area contributed by atoms with E-state index in [-0.39, 0.29) is 0 Å². The first-order valence-electron chi connectivity index (χ1n) is 9.20. The molecule has 3 saturated carbocycles. The van der Waals surface area contributed by atoms with Crippen molar-refractivity contribution in [3.8, 4) is 0 Å². The van der Waals surface area contributed by atoms with Gasteiger partial charge < -0.3 is 5.73 Å². The lowest BCUT2D eigenvalue weighted by Crippen LogP contribution is -2.47. The topological polar surface area (TPSA) is 26.0 Å². The molecule has 3 aliphatic rings. The van der Waals surface area contributed by atoms with E-state index in [1.807, 2.05) is 0 Å². The number of hydrogen-bond donors (Lipinski definition) is 1. The summed E-state index contributed by atoms with van der Waals surface area (Å²) >= 11 is 0. The SMILES string of the molecule is CC(N)CCC1(C)CCCC2C1CCC1(C)CCCC21. The summed E-state index contributed by atoms with van der Waals surface area (Å²) in [6.07, 6.45) is 14.6. The van der Waals surface area contributed by atoms with E-state index in [1.54, 1.807) is 0 Å². The predicted molar refractivity (Wildman–Crippen MR) is 86.5 cm³/mol. The third kappa shape index (κ3) is 2.45. The highest BCUT2D eigenvalue weighted by atomic mass is 14.6. The second kappa shape index (κ2) is 5.30. The van der Waals surface area contributed by atoms with Crippen LogP contribution in [0.1, 0.15) is 85.0 Å². The molecule has 116 valence electrons. The van der Waals surface area contributed by atoms with Gasteiger partial charge in [0, 0.05) is 6.04 Å². The van der Waals surface area contributed by atoms with Gasteiger partial charge in [0.15, 0.2) is 0 Å². The molecule has 0 aromatic carbocycles. The molecular weight excluding hydrogens is 242 g/mol. The second-order valence-corrected chi connectivity index (χ2v) is 9.02. The van der Waals surface area contributed by atoms with Gasteiger partial charge in [-0.15, -0.1) is 0 Å². The van der Waals surface area contributed by atoms with Gasteiger partial charge in [0.1, 0.15) is 0 Å². The molecule has 6 unspecified atom stereocenters. The molecule has 3 fully saturated rings. The number of nitrogens with two attached hydrogens (primary N) is 1. The van der Waals surface area contributed by atoms with E-state index in [1.165, 1.54) is 64.2 Å². The van der Waals surface area contributed by atoms with Crippen molar-refractivity contribution in [3.63, 3.8) is 0 Å². The summed E-state index contributed by atoms with van der Waals surface area (Å²) in [5.41, 5.74) is 7.35. The molecule has 0 bridgehead atoms. The van der Waals surface area contributed by atoms with Crippen molar-refractivity contribution in [1.29, 1.82) is 0 Å². The lowest BCUT2D eigenvalue weighted by atomic mass is 9.49. The van der Waals surface area contributed by atoms with E-state index < -0.39 is 0 Å². The van der Waals surface area contributed by atoms with Crippen molar-refractivity contribution in [1.82, 2.24) is 0 Å². The Morgan fingerprint density at radius 1 is 1.00 bits per heavy atom. The minimum absolute atomic E-state index is 0.382. The first-order chi connectivity index (χ1) is 9.45. The van der Waals surface area contributed by atoms with Gasteiger partial charge >= 0.3 is 0 Å². The second-order valence-electron chi connectivity index (χ2n) is 9.02. The largest absolute Gasteiger partial charge is 0.328 e. The first-order valence-corrected chi connectivity index (χ1v) is 9.20. The molecule has 20 heavy (non-hydrogen) atoms. The summed E-state index contributed by atoms with van der Waals surface area (Å²) in [6.45, 7) is 7.39. The minimum Gasteiger partial charge on any atom is -0.328 e. The van der Waals surface area contributed by atoms with E-state index in [0.717, 1.165) is 17.8 Å². The molecule has 3 rings (SSSR count). The fraction of sp³-hybridized carbons (Fsp3) is 1.00. The van der Waals surface area contributed by atoms with E-state index in [4.69, 9.17) is 5.73 Å².